The van der Waals surface area contributed by atoms with E-state index in [0.717, 1.165) is 11.5 Å². The molecule has 0 unspecified atom stereocenters. The van der Waals surface area contributed by atoms with Crippen molar-refractivity contribution in [2.45, 2.75) is 0 Å². The van der Waals surface area contributed by atoms with Crippen LogP contribution in [0.25, 0.3) is 11.0 Å². The molecule has 0 aliphatic carbocycles. The van der Waals surface area contributed by atoms with Crippen LogP contribution in [0.15, 0.2) is 47.4 Å². The predicted molar refractivity (Wildman–Crippen MR) is 52.0 cm³/mol. The van der Waals surface area contributed by atoms with E-state index in [2.05, 4.69) is 6.58 Å². The molecule has 0 amide bonds. The maximum absolute atomic E-state index is 10.9. The lowest BCUT2D eigenvalue weighted by molar-refractivity contribution is -0.130. The summed E-state index contributed by atoms with van der Waals surface area (Å²) in [6.45, 7) is 3.29. The van der Waals surface area contributed by atoms with Crippen molar-refractivity contribution in [3.63, 3.8) is 0 Å². The molecule has 1 aromatic carbocycles. The van der Waals surface area contributed by atoms with Crippen LogP contribution in [0.1, 0.15) is 0 Å². The number of benzene rings is 1. The van der Waals surface area contributed by atoms with Crippen molar-refractivity contribution in [3.8, 4) is 5.95 Å². The van der Waals surface area contributed by atoms with E-state index in [-0.39, 0.29) is 5.95 Å². The molecular formula is C11H8O3. The summed E-state index contributed by atoms with van der Waals surface area (Å²) in [7, 11) is 0. The van der Waals surface area contributed by atoms with Crippen molar-refractivity contribution in [2.24, 2.45) is 0 Å². The summed E-state index contributed by atoms with van der Waals surface area (Å²) in [5.74, 6) is -0.333. The second-order valence-corrected chi connectivity index (χ2v) is 2.73. The Kier molecular flexibility index (Phi) is 2.07. The molecule has 0 N–H and O–H groups in total. The molecule has 0 saturated heterocycles. The van der Waals surface area contributed by atoms with Gasteiger partial charge in [0.05, 0.1) is 0 Å². The molecule has 70 valence electrons. The highest BCUT2D eigenvalue weighted by molar-refractivity contribution is 5.84. The topological polar surface area (TPSA) is 39.4 Å². The number of furan rings is 1. The monoisotopic (exact) mass is 188 g/mol. The largest absolute Gasteiger partial charge is 0.425 e. The average Bonchev–Trinajstić information content (AvgIpc) is 2.59. The lowest BCUT2D eigenvalue weighted by Gasteiger charge is -1.92. The van der Waals surface area contributed by atoms with Gasteiger partial charge in [-0.1, -0.05) is 24.8 Å². The fourth-order valence-corrected chi connectivity index (χ4v) is 1.15. The van der Waals surface area contributed by atoms with Crippen molar-refractivity contribution >= 4 is 16.9 Å². The molecule has 3 nitrogen and oxygen atoms in total. The number of para-hydroxylation sites is 1. The van der Waals surface area contributed by atoms with Crippen molar-refractivity contribution in [1.82, 2.24) is 0 Å². The minimum Gasteiger partial charge on any atom is -0.425 e. The first-order valence-corrected chi connectivity index (χ1v) is 4.12. The molecule has 0 bridgehead atoms. The molecule has 0 atom stereocenters. The van der Waals surface area contributed by atoms with Gasteiger partial charge in [-0.05, 0) is 6.07 Å². The van der Waals surface area contributed by atoms with E-state index in [1.807, 2.05) is 18.2 Å². The van der Waals surface area contributed by atoms with Gasteiger partial charge in [0.2, 0.25) is 0 Å². The van der Waals surface area contributed by atoms with Gasteiger partial charge in [-0.15, -0.1) is 0 Å². The SMILES string of the molecule is C=CC(=O)Oc1cc2ccccc2o1. The quantitative estimate of drug-likeness (QED) is 0.537. The fourth-order valence-electron chi connectivity index (χ4n) is 1.15. The van der Waals surface area contributed by atoms with E-state index in [9.17, 15) is 4.79 Å². The number of fused-ring (bicyclic) bond motifs is 1. The van der Waals surface area contributed by atoms with Gasteiger partial charge in [-0.2, -0.15) is 0 Å². The summed E-state index contributed by atoms with van der Waals surface area (Å²) in [4.78, 5) is 10.9. The highest BCUT2D eigenvalue weighted by Gasteiger charge is 2.06. The molecule has 0 aliphatic heterocycles. The van der Waals surface area contributed by atoms with Crippen LogP contribution in [-0.2, 0) is 4.79 Å². The number of hydrogen-bond acceptors (Lipinski definition) is 3. The maximum atomic E-state index is 10.9. The van der Waals surface area contributed by atoms with E-state index in [1.165, 1.54) is 0 Å². The van der Waals surface area contributed by atoms with Crippen LogP contribution in [0.5, 0.6) is 5.95 Å². The molecule has 0 saturated carbocycles. The number of ether oxygens (including phenoxy) is 1. The zero-order valence-corrected chi connectivity index (χ0v) is 7.40. The molecule has 14 heavy (non-hydrogen) atoms. The van der Waals surface area contributed by atoms with Gasteiger partial charge in [0.1, 0.15) is 5.58 Å². The first-order chi connectivity index (χ1) is 6.79. The van der Waals surface area contributed by atoms with Gasteiger partial charge in [0.15, 0.2) is 0 Å². The highest BCUT2D eigenvalue weighted by Crippen LogP contribution is 2.24. The van der Waals surface area contributed by atoms with E-state index < -0.39 is 5.97 Å². The second kappa shape index (κ2) is 3.38. The van der Waals surface area contributed by atoms with Gasteiger partial charge in [0.25, 0.3) is 5.95 Å². The van der Waals surface area contributed by atoms with E-state index in [4.69, 9.17) is 9.15 Å². The number of rotatable bonds is 2. The van der Waals surface area contributed by atoms with E-state index in [1.54, 1.807) is 12.1 Å². The number of carbonyl (C=O) groups excluding carboxylic acids is 1. The molecule has 0 fully saturated rings. The van der Waals surface area contributed by atoms with Gasteiger partial charge in [-0.25, -0.2) is 4.79 Å². The summed E-state index contributed by atoms with van der Waals surface area (Å²) in [6.07, 6.45) is 1.09. The van der Waals surface area contributed by atoms with Crippen LogP contribution < -0.4 is 4.74 Å². The summed E-state index contributed by atoms with van der Waals surface area (Å²) in [6, 6.07) is 9.09. The van der Waals surface area contributed by atoms with Crippen molar-refractivity contribution < 1.29 is 13.9 Å². The first-order valence-electron chi connectivity index (χ1n) is 4.12. The molecule has 3 heteroatoms. The molecule has 2 aromatic rings. The third-order valence-corrected chi connectivity index (χ3v) is 1.77. The van der Waals surface area contributed by atoms with Crippen LogP contribution in [-0.4, -0.2) is 5.97 Å². The van der Waals surface area contributed by atoms with E-state index >= 15 is 0 Å². The van der Waals surface area contributed by atoms with Gasteiger partial charge < -0.3 is 9.15 Å². The lowest BCUT2D eigenvalue weighted by Crippen LogP contribution is -2.01. The van der Waals surface area contributed by atoms with Gasteiger partial charge in [0, 0.05) is 17.5 Å². The summed E-state index contributed by atoms with van der Waals surface area (Å²) in [5, 5.41) is 0.902. The zero-order valence-electron chi connectivity index (χ0n) is 7.40. The Bertz CT molecular complexity index is 449. The molecule has 1 heterocycles. The summed E-state index contributed by atoms with van der Waals surface area (Å²) in [5.41, 5.74) is 0.694. The van der Waals surface area contributed by atoms with E-state index in [0.29, 0.717) is 5.58 Å². The van der Waals surface area contributed by atoms with Crippen LogP contribution in [0.4, 0.5) is 0 Å². The Balaban J connectivity index is 2.35. The standard InChI is InChI=1S/C11H8O3/c1-2-10(12)14-11-7-8-5-3-4-6-9(8)13-11/h2-7H,1H2. The Hall–Kier alpha value is -2.03. The smallest absolute Gasteiger partial charge is 0.337 e. The normalized spacial score (nSPS) is 10.0. The molecule has 1 aromatic heterocycles. The van der Waals surface area contributed by atoms with Gasteiger partial charge >= 0.3 is 5.97 Å². The maximum Gasteiger partial charge on any atom is 0.337 e. The van der Waals surface area contributed by atoms with Crippen LogP contribution in [0, 0.1) is 0 Å². The number of hydrogen-bond donors (Lipinski definition) is 0. The number of esters is 1. The highest BCUT2D eigenvalue weighted by atomic mass is 16.6. The van der Waals surface area contributed by atoms with Gasteiger partial charge in [-0.3, -0.25) is 0 Å². The summed E-state index contributed by atoms with van der Waals surface area (Å²) < 4.78 is 10.1. The van der Waals surface area contributed by atoms with Crippen molar-refractivity contribution in [3.05, 3.63) is 43.0 Å². The average molecular weight is 188 g/mol. The summed E-state index contributed by atoms with van der Waals surface area (Å²) >= 11 is 0. The Morgan fingerprint density at radius 3 is 2.93 bits per heavy atom. The Morgan fingerprint density at radius 2 is 2.21 bits per heavy atom. The van der Waals surface area contributed by atoms with Crippen LogP contribution >= 0.6 is 0 Å². The molecule has 0 radical (unpaired) electrons. The molecule has 0 aliphatic rings. The second-order valence-electron chi connectivity index (χ2n) is 2.73. The van der Waals surface area contributed by atoms with Crippen molar-refractivity contribution in [2.75, 3.05) is 0 Å². The molecule has 2 rings (SSSR count). The first kappa shape index (κ1) is 8.56. The van der Waals surface area contributed by atoms with Crippen molar-refractivity contribution in [1.29, 1.82) is 0 Å². The lowest BCUT2D eigenvalue weighted by atomic mass is 10.3. The Labute approximate surface area is 80.6 Å². The minimum atomic E-state index is -0.524. The molecular weight excluding hydrogens is 180 g/mol. The minimum absolute atomic E-state index is 0.191. The molecule has 0 spiro atoms. The zero-order chi connectivity index (χ0) is 9.97. The van der Waals surface area contributed by atoms with Crippen LogP contribution in [0.3, 0.4) is 0 Å². The number of carbonyl (C=O) groups is 1. The Morgan fingerprint density at radius 1 is 1.43 bits per heavy atom. The third kappa shape index (κ3) is 1.52. The fraction of sp³-hybridized carbons (Fsp3) is 0. The predicted octanol–water partition coefficient (Wildman–Crippen LogP) is 2.52. The van der Waals surface area contributed by atoms with Crippen LogP contribution in [0.2, 0.25) is 0 Å². The third-order valence-electron chi connectivity index (χ3n) is 1.77.